The molecule has 0 radical (unpaired) electrons. The number of carbonyl (C=O) groups excluding carboxylic acids is 1. The molecule has 0 amide bonds. The van der Waals surface area contributed by atoms with Crippen LogP contribution in [0.15, 0.2) is 54.3 Å². The maximum absolute atomic E-state index is 11.5. The highest BCUT2D eigenvalue weighted by Gasteiger charge is 2.16. The monoisotopic (exact) mass is 300 g/mol. The number of nitrogens with zero attached hydrogens (tertiary/aromatic N) is 2. The van der Waals surface area contributed by atoms with Crippen molar-refractivity contribution in [1.29, 1.82) is 0 Å². The molecule has 1 heterocycles. The van der Waals surface area contributed by atoms with Crippen molar-refractivity contribution in [3.63, 3.8) is 0 Å². The van der Waals surface area contributed by atoms with Gasteiger partial charge in [-0.15, -0.1) is 0 Å². The topological polar surface area (TPSA) is 52.1 Å². The van der Waals surface area contributed by atoms with Gasteiger partial charge in [0.05, 0.1) is 11.6 Å². The van der Waals surface area contributed by atoms with Crippen molar-refractivity contribution in [2.75, 3.05) is 12.9 Å². The maximum atomic E-state index is 11.5. The molecule has 1 aromatic heterocycles. The molecule has 2 rings (SSSR count). The Bertz CT molecular complexity index is 631. The van der Waals surface area contributed by atoms with Crippen LogP contribution in [-0.4, -0.2) is 29.1 Å². The molecule has 1 aromatic carbocycles. The van der Waals surface area contributed by atoms with Gasteiger partial charge in [-0.2, -0.15) is 0 Å². The Balaban J connectivity index is 2.31. The summed E-state index contributed by atoms with van der Waals surface area (Å²) in [5.74, 6) is 0.282. The molecule has 0 fully saturated rings. The van der Waals surface area contributed by atoms with E-state index in [0.717, 1.165) is 11.8 Å². The number of thioether (sulfide) groups is 1. The van der Waals surface area contributed by atoms with E-state index in [1.54, 1.807) is 18.3 Å². The zero-order chi connectivity index (χ0) is 15.1. The lowest BCUT2D eigenvalue weighted by Crippen LogP contribution is -2.06. The van der Waals surface area contributed by atoms with Gasteiger partial charge in [-0.3, -0.25) is 0 Å². The fraction of sp³-hybridized carbons (Fsp3) is 0.188. The van der Waals surface area contributed by atoms with Gasteiger partial charge in [-0.25, -0.2) is 9.97 Å². The van der Waals surface area contributed by atoms with E-state index in [0.29, 0.717) is 23.2 Å². The molecule has 108 valence electrons. The Labute approximate surface area is 128 Å². The van der Waals surface area contributed by atoms with Gasteiger partial charge < -0.3 is 9.53 Å². The predicted octanol–water partition coefficient (Wildman–Crippen LogP) is 3.09. The van der Waals surface area contributed by atoms with Crippen LogP contribution in [0.4, 0.5) is 0 Å². The molecule has 0 saturated heterocycles. The number of aromatic nitrogens is 2. The van der Waals surface area contributed by atoms with Crippen molar-refractivity contribution in [1.82, 2.24) is 9.97 Å². The summed E-state index contributed by atoms with van der Waals surface area (Å²) in [6.45, 7) is 4.05. The van der Waals surface area contributed by atoms with Crippen LogP contribution in [0.3, 0.4) is 0 Å². The van der Waals surface area contributed by atoms with Gasteiger partial charge in [-0.05, 0) is 30.0 Å². The normalized spacial score (nSPS) is 11.7. The highest BCUT2D eigenvalue weighted by atomic mass is 32.2. The number of carbonyl (C=O) groups is 1. The Kier molecular flexibility index (Phi) is 5.51. The van der Waals surface area contributed by atoms with Crippen molar-refractivity contribution < 1.29 is 9.53 Å². The third kappa shape index (κ3) is 3.92. The zero-order valence-corrected chi connectivity index (χ0v) is 12.5. The Morgan fingerprint density at radius 3 is 3.00 bits per heavy atom. The Hall–Kier alpha value is -2.14. The summed E-state index contributed by atoms with van der Waals surface area (Å²) in [6, 6.07) is 9.21. The van der Waals surface area contributed by atoms with Crippen LogP contribution in [0.1, 0.15) is 17.2 Å². The maximum Gasteiger partial charge on any atom is 0.187 e. The zero-order valence-electron chi connectivity index (χ0n) is 11.7. The number of rotatable bonds is 7. The fourth-order valence-corrected chi connectivity index (χ4v) is 2.26. The molecule has 0 N–H and O–H groups in total. The third-order valence-electron chi connectivity index (χ3n) is 2.88. The molecule has 1 atom stereocenters. The number of hydrogen-bond acceptors (Lipinski definition) is 5. The van der Waals surface area contributed by atoms with E-state index in [9.17, 15) is 4.79 Å². The molecular formula is C16H16N2O2S. The Morgan fingerprint density at radius 2 is 2.29 bits per heavy atom. The first-order chi connectivity index (χ1) is 10.3. The number of ether oxygens (including phenoxy) is 1. The average Bonchev–Trinajstić information content (AvgIpc) is 2.54. The Morgan fingerprint density at radius 1 is 1.43 bits per heavy atom. The van der Waals surface area contributed by atoms with Gasteiger partial charge in [0.25, 0.3) is 0 Å². The smallest absolute Gasteiger partial charge is 0.187 e. The minimum Gasteiger partial charge on any atom is -0.490 e. The molecule has 1 unspecified atom stereocenters. The van der Waals surface area contributed by atoms with Crippen LogP contribution in [0.2, 0.25) is 0 Å². The predicted molar refractivity (Wildman–Crippen MR) is 83.9 cm³/mol. The van der Waals surface area contributed by atoms with Gasteiger partial charge in [0, 0.05) is 6.20 Å². The number of aldehydes is 1. The average molecular weight is 300 g/mol. The minimum absolute atomic E-state index is 0.425. The summed E-state index contributed by atoms with van der Waals surface area (Å²) in [4.78, 5) is 20.0. The summed E-state index contributed by atoms with van der Waals surface area (Å²) < 4.78 is 5.50. The minimum atomic E-state index is -0.425. The molecule has 0 spiro atoms. The summed E-state index contributed by atoms with van der Waals surface area (Å²) >= 11 is 1.45. The van der Waals surface area contributed by atoms with Crippen LogP contribution in [0, 0.1) is 0 Å². The summed E-state index contributed by atoms with van der Waals surface area (Å²) in [5, 5.41) is 0.651. The highest BCUT2D eigenvalue weighted by Crippen LogP contribution is 2.25. The number of benzene rings is 1. The molecule has 21 heavy (non-hydrogen) atoms. The van der Waals surface area contributed by atoms with Crippen molar-refractivity contribution >= 4 is 18.0 Å². The van der Waals surface area contributed by atoms with Gasteiger partial charge >= 0.3 is 0 Å². The molecule has 0 aliphatic rings. The van der Waals surface area contributed by atoms with Crippen molar-refractivity contribution in [2.45, 2.75) is 11.1 Å². The second kappa shape index (κ2) is 7.59. The van der Waals surface area contributed by atoms with Crippen LogP contribution >= 0.6 is 11.8 Å². The molecule has 2 aromatic rings. The largest absolute Gasteiger partial charge is 0.490 e. The summed E-state index contributed by atoms with van der Waals surface area (Å²) in [7, 11) is 0. The van der Waals surface area contributed by atoms with Crippen LogP contribution in [-0.2, 0) is 4.79 Å². The quantitative estimate of drug-likeness (QED) is 0.340. The van der Waals surface area contributed by atoms with Crippen LogP contribution < -0.4 is 4.74 Å². The van der Waals surface area contributed by atoms with E-state index < -0.39 is 5.92 Å². The number of hydrogen-bond donors (Lipinski definition) is 0. The van der Waals surface area contributed by atoms with Crippen molar-refractivity contribution in [2.24, 2.45) is 0 Å². The van der Waals surface area contributed by atoms with Gasteiger partial charge in [-0.1, -0.05) is 36.5 Å². The second-order valence-corrected chi connectivity index (χ2v) is 5.03. The molecule has 0 aliphatic heterocycles. The first-order valence-electron chi connectivity index (χ1n) is 6.44. The summed E-state index contributed by atoms with van der Waals surface area (Å²) in [5.41, 5.74) is 1.53. The first kappa shape index (κ1) is 15.3. The van der Waals surface area contributed by atoms with E-state index in [1.807, 2.05) is 30.5 Å². The van der Waals surface area contributed by atoms with Gasteiger partial charge in [0.1, 0.15) is 18.6 Å². The van der Waals surface area contributed by atoms with E-state index in [4.69, 9.17) is 4.74 Å². The van der Waals surface area contributed by atoms with E-state index >= 15 is 0 Å². The molecule has 5 heteroatoms. The van der Waals surface area contributed by atoms with Crippen LogP contribution in [0.25, 0.3) is 0 Å². The van der Waals surface area contributed by atoms with E-state index in [-0.39, 0.29) is 0 Å². The van der Waals surface area contributed by atoms with Gasteiger partial charge in [0.2, 0.25) is 0 Å². The first-order valence-corrected chi connectivity index (χ1v) is 7.67. The second-order valence-electron chi connectivity index (χ2n) is 4.25. The lowest BCUT2D eigenvalue weighted by molar-refractivity contribution is -0.108. The highest BCUT2D eigenvalue weighted by molar-refractivity contribution is 7.98. The molecule has 0 aliphatic carbocycles. The SMILES string of the molecule is C=CCOc1cccc(C(C=O)c2ccnc(SC)n2)c1. The standard InChI is InChI=1S/C16H16N2O2S/c1-3-9-20-13-6-4-5-12(10-13)14(11-19)15-7-8-17-16(18-15)21-2/h3-8,10-11,14H,1,9H2,2H3. The molecule has 4 nitrogen and oxygen atoms in total. The van der Waals surface area contributed by atoms with E-state index in [1.165, 1.54) is 11.8 Å². The lowest BCUT2D eigenvalue weighted by atomic mass is 9.97. The van der Waals surface area contributed by atoms with Crippen LogP contribution in [0.5, 0.6) is 5.75 Å². The lowest BCUT2D eigenvalue weighted by Gasteiger charge is -2.12. The molecular weight excluding hydrogens is 284 g/mol. The van der Waals surface area contributed by atoms with Gasteiger partial charge in [0.15, 0.2) is 5.16 Å². The molecule has 0 saturated carbocycles. The van der Waals surface area contributed by atoms with Crippen molar-refractivity contribution in [3.05, 3.63) is 60.4 Å². The van der Waals surface area contributed by atoms with Crippen molar-refractivity contribution in [3.8, 4) is 5.75 Å². The summed E-state index contributed by atoms with van der Waals surface area (Å²) in [6.07, 6.45) is 6.14. The third-order valence-corrected chi connectivity index (χ3v) is 3.44. The fourth-order valence-electron chi connectivity index (χ4n) is 1.90. The molecule has 0 bridgehead atoms. The van der Waals surface area contributed by atoms with E-state index in [2.05, 4.69) is 16.5 Å².